The van der Waals surface area contributed by atoms with Crippen LogP contribution in [0, 0.1) is 23.7 Å². The number of hydrogen-bond donors (Lipinski definition) is 2. The van der Waals surface area contributed by atoms with Crippen molar-refractivity contribution in [2.75, 3.05) is 13.2 Å². The summed E-state index contributed by atoms with van der Waals surface area (Å²) in [6.07, 6.45) is 11.0. The van der Waals surface area contributed by atoms with Crippen LogP contribution in [0.25, 0.3) is 0 Å². The van der Waals surface area contributed by atoms with Crippen molar-refractivity contribution in [2.24, 2.45) is 23.7 Å². The topological polar surface area (TPSA) is 49.3 Å². The van der Waals surface area contributed by atoms with E-state index in [0.29, 0.717) is 5.92 Å². The number of fused-ring (bicyclic) bond motifs is 1. The van der Waals surface area contributed by atoms with Crippen molar-refractivity contribution in [3.63, 3.8) is 0 Å². The Bertz CT molecular complexity index is 305. The van der Waals surface area contributed by atoms with E-state index >= 15 is 0 Å². The first-order valence-electron chi connectivity index (χ1n) is 8.59. The van der Waals surface area contributed by atoms with Crippen LogP contribution in [0.15, 0.2) is 0 Å². The van der Waals surface area contributed by atoms with E-state index in [0.717, 1.165) is 44.1 Å². The Balaban J connectivity index is 1.65. The molecule has 1 amide bonds. The van der Waals surface area contributed by atoms with Gasteiger partial charge in [0.15, 0.2) is 0 Å². The minimum absolute atomic E-state index is 0.250. The van der Waals surface area contributed by atoms with Crippen molar-refractivity contribution in [1.29, 1.82) is 0 Å². The summed E-state index contributed by atoms with van der Waals surface area (Å²) >= 11 is 0. The number of carbonyl (C=O) groups is 1. The molecule has 2 rings (SSSR count). The summed E-state index contributed by atoms with van der Waals surface area (Å²) in [4.78, 5) is 12.2. The second-order valence-corrected chi connectivity index (χ2v) is 7.04. The predicted octanol–water partition coefficient (Wildman–Crippen LogP) is 3.12. The van der Waals surface area contributed by atoms with Crippen molar-refractivity contribution in [3.8, 4) is 0 Å². The van der Waals surface area contributed by atoms with E-state index in [1.807, 2.05) is 6.92 Å². The largest absolute Gasteiger partial charge is 0.396 e. The minimum atomic E-state index is 0.250. The number of rotatable bonds is 6. The summed E-state index contributed by atoms with van der Waals surface area (Å²) in [5, 5.41) is 12.1. The normalized spacial score (nSPS) is 31.4. The summed E-state index contributed by atoms with van der Waals surface area (Å²) in [5.41, 5.74) is 0. The van der Waals surface area contributed by atoms with Crippen LogP contribution in [-0.4, -0.2) is 24.2 Å². The van der Waals surface area contributed by atoms with Crippen molar-refractivity contribution >= 4 is 5.91 Å². The molecule has 0 aromatic heterocycles. The van der Waals surface area contributed by atoms with Gasteiger partial charge >= 0.3 is 0 Å². The average molecular weight is 281 g/mol. The second kappa shape index (κ2) is 8.02. The van der Waals surface area contributed by atoms with Gasteiger partial charge in [0.1, 0.15) is 0 Å². The molecule has 0 radical (unpaired) electrons. The van der Waals surface area contributed by atoms with Gasteiger partial charge in [0.25, 0.3) is 0 Å². The fourth-order valence-electron chi connectivity index (χ4n) is 4.01. The fraction of sp³-hybridized carbons (Fsp3) is 0.941. The standard InChI is InChI=1S/C17H31NO2/c1-13(12-19)5-4-10-18-17(20)16-9-8-14-6-2-3-7-15(14)11-16/h13-16,19H,2-12H2,1H3,(H,18,20). The minimum Gasteiger partial charge on any atom is -0.396 e. The Hall–Kier alpha value is -0.570. The summed E-state index contributed by atoms with van der Waals surface area (Å²) in [6, 6.07) is 0. The van der Waals surface area contributed by atoms with Crippen LogP contribution in [0.1, 0.15) is 64.7 Å². The quantitative estimate of drug-likeness (QED) is 0.735. The molecule has 0 bridgehead atoms. The zero-order chi connectivity index (χ0) is 14.4. The molecule has 0 heterocycles. The number of hydrogen-bond acceptors (Lipinski definition) is 2. The SMILES string of the molecule is CC(CO)CCCNC(=O)C1CCC2CCCCC2C1. The Kier molecular flexibility index (Phi) is 6.34. The van der Waals surface area contributed by atoms with Crippen molar-refractivity contribution < 1.29 is 9.90 Å². The summed E-state index contributed by atoms with van der Waals surface area (Å²) < 4.78 is 0. The molecule has 4 atom stereocenters. The Morgan fingerprint density at radius 1 is 1.20 bits per heavy atom. The Morgan fingerprint density at radius 3 is 2.70 bits per heavy atom. The number of nitrogens with one attached hydrogen (secondary N) is 1. The fourth-order valence-corrected chi connectivity index (χ4v) is 4.01. The molecule has 0 aliphatic heterocycles. The zero-order valence-corrected chi connectivity index (χ0v) is 12.9. The van der Waals surface area contributed by atoms with E-state index in [4.69, 9.17) is 5.11 Å². The van der Waals surface area contributed by atoms with Crippen molar-refractivity contribution in [1.82, 2.24) is 5.32 Å². The van der Waals surface area contributed by atoms with Crippen LogP contribution in [0.3, 0.4) is 0 Å². The summed E-state index contributed by atoms with van der Waals surface area (Å²) in [7, 11) is 0. The van der Waals surface area contributed by atoms with Crippen molar-refractivity contribution in [3.05, 3.63) is 0 Å². The van der Waals surface area contributed by atoms with Crippen LogP contribution >= 0.6 is 0 Å². The molecule has 4 unspecified atom stereocenters. The predicted molar refractivity (Wildman–Crippen MR) is 81.3 cm³/mol. The van der Waals surface area contributed by atoms with Crippen LogP contribution in [0.2, 0.25) is 0 Å². The monoisotopic (exact) mass is 281 g/mol. The molecule has 2 aliphatic carbocycles. The summed E-state index contributed by atoms with van der Waals surface area (Å²) in [6.45, 7) is 3.07. The van der Waals surface area contributed by atoms with Gasteiger partial charge in [-0.05, 0) is 49.9 Å². The van der Waals surface area contributed by atoms with Crippen LogP contribution in [0.4, 0.5) is 0 Å². The third-order valence-electron chi connectivity index (χ3n) is 5.40. The molecule has 2 N–H and O–H groups in total. The Labute approximate surface area is 123 Å². The van der Waals surface area contributed by atoms with Gasteiger partial charge in [-0.3, -0.25) is 4.79 Å². The molecule has 0 aromatic rings. The lowest BCUT2D eigenvalue weighted by atomic mass is 9.67. The molecule has 2 fully saturated rings. The van der Waals surface area contributed by atoms with Gasteiger partial charge in [0.2, 0.25) is 5.91 Å². The molecule has 3 nitrogen and oxygen atoms in total. The Morgan fingerprint density at radius 2 is 1.95 bits per heavy atom. The second-order valence-electron chi connectivity index (χ2n) is 7.04. The molecule has 116 valence electrons. The molecule has 0 aromatic carbocycles. The third-order valence-corrected chi connectivity index (χ3v) is 5.40. The van der Waals surface area contributed by atoms with Gasteiger partial charge in [0, 0.05) is 19.1 Å². The molecule has 0 saturated heterocycles. The highest BCUT2D eigenvalue weighted by atomic mass is 16.3. The van der Waals surface area contributed by atoms with Gasteiger partial charge < -0.3 is 10.4 Å². The lowest BCUT2D eigenvalue weighted by Crippen LogP contribution is -2.37. The molecule has 2 saturated carbocycles. The molecule has 20 heavy (non-hydrogen) atoms. The molecule has 3 heteroatoms. The molecule has 0 spiro atoms. The highest BCUT2D eigenvalue weighted by Crippen LogP contribution is 2.42. The van der Waals surface area contributed by atoms with Crippen LogP contribution < -0.4 is 5.32 Å². The number of aliphatic hydroxyl groups is 1. The van der Waals surface area contributed by atoms with Gasteiger partial charge in [-0.1, -0.05) is 32.6 Å². The lowest BCUT2D eigenvalue weighted by molar-refractivity contribution is -0.127. The maximum Gasteiger partial charge on any atom is 0.223 e. The van der Waals surface area contributed by atoms with E-state index in [9.17, 15) is 4.79 Å². The molecular weight excluding hydrogens is 250 g/mol. The van der Waals surface area contributed by atoms with Gasteiger partial charge in [-0.2, -0.15) is 0 Å². The maximum absolute atomic E-state index is 12.2. The molecule has 2 aliphatic rings. The number of aliphatic hydroxyl groups excluding tert-OH is 1. The highest BCUT2D eigenvalue weighted by Gasteiger charge is 2.34. The first-order chi connectivity index (χ1) is 9.70. The average Bonchev–Trinajstić information content (AvgIpc) is 2.50. The van der Waals surface area contributed by atoms with E-state index in [1.54, 1.807) is 0 Å². The highest BCUT2D eigenvalue weighted by molar-refractivity contribution is 5.78. The number of amides is 1. The van der Waals surface area contributed by atoms with Gasteiger partial charge in [-0.15, -0.1) is 0 Å². The van der Waals surface area contributed by atoms with Crippen LogP contribution in [-0.2, 0) is 4.79 Å². The van der Waals surface area contributed by atoms with Gasteiger partial charge in [-0.25, -0.2) is 0 Å². The van der Waals surface area contributed by atoms with Crippen molar-refractivity contribution in [2.45, 2.75) is 64.7 Å². The van der Waals surface area contributed by atoms with E-state index in [2.05, 4.69) is 5.32 Å². The van der Waals surface area contributed by atoms with E-state index in [1.165, 1.54) is 32.1 Å². The smallest absolute Gasteiger partial charge is 0.223 e. The first-order valence-corrected chi connectivity index (χ1v) is 8.59. The zero-order valence-electron chi connectivity index (χ0n) is 12.9. The van der Waals surface area contributed by atoms with Crippen LogP contribution in [0.5, 0.6) is 0 Å². The first kappa shape index (κ1) is 15.8. The van der Waals surface area contributed by atoms with Gasteiger partial charge in [0.05, 0.1) is 0 Å². The van der Waals surface area contributed by atoms with E-state index in [-0.39, 0.29) is 18.4 Å². The maximum atomic E-state index is 12.2. The molecular formula is C17H31NO2. The number of carbonyl (C=O) groups excluding carboxylic acids is 1. The third kappa shape index (κ3) is 4.47. The lowest BCUT2D eigenvalue weighted by Gasteiger charge is -2.38. The summed E-state index contributed by atoms with van der Waals surface area (Å²) in [5.74, 6) is 2.64. The van der Waals surface area contributed by atoms with E-state index < -0.39 is 0 Å².